The van der Waals surface area contributed by atoms with Crippen molar-refractivity contribution in [1.82, 2.24) is 4.72 Å². The summed E-state index contributed by atoms with van der Waals surface area (Å²) in [5.41, 5.74) is 5.79. The summed E-state index contributed by atoms with van der Waals surface area (Å²) >= 11 is 0. The van der Waals surface area contributed by atoms with E-state index in [1.54, 1.807) is 45.0 Å². The van der Waals surface area contributed by atoms with Gasteiger partial charge in [-0.25, -0.2) is 13.1 Å². The van der Waals surface area contributed by atoms with Crippen LogP contribution in [0.25, 0.3) is 0 Å². The van der Waals surface area contributed by atoms with Crippen LogP contribution in [0.3, 0.4) is 0 Å². The third kappa shape index (κ3) is 5.04. The number of hydrogen-bond acceptors (Lipinski definition) is 3. The van der Waals surface area contributed by atoms with Crippen molar-refractivity contribution in [3.63, 3.8) is 0 Å². The van der Waals surface area contributed by atoms with E-state index in [2.05, 4.69) is 4.72 Å². The van der Waals surface area contributed by atoms with Crippen molar-refractivity contribution in [2.45, 2.75) is 37.8 Å². The van der Waals surface area contributed by atoms with Gasteiger partial charge in [-0.05, 0) is 38.5 Å². The van der Waals surface area contributed by atoms with Gasteiger partial charge < -0.3 is 5.73 Å². The molecule has 98 valence electrons. The Morgan fingerprint density at radius 1 is 1.29 bits per heavy atom. The van der Waals surface area contributed by atoms with E-state index in [1.807, 2.05) is 0 Å². The van der Waals surface area contributed by atoms with E-state index in [0.717, 1.165) is 5.56 Å². The molecule has 0 aliphatic rings. The fourth-order valence-electron chi connectivity index (χ4n) is 1.30. The molecule has 6 heteroatoms. The van der Waals surface area contributed by atoms with Crippen LogP contribution in [0.15, 0.2) is 29.2 Å². The van der Waals surface area contributed by atoms with E-state index < -0.39 is 15.6 Å². The number of sulfonamides is 1. The summed E-state index contributed by atoms with van der Waals surface area (Å²) in [6, 6.07) is 6.65. The van der Waals surface area contributed by atoms with E-state index in [9.17, 15) is 8.42 Å². The number of nitrogens with two attached hydrogens (primary N) is 1. The van der Waals surface area contributed by atoms with Crippen molar-refractivity contribution >= 4 is 22.4 Å². The van der Waals surface area contributed by atoms with Crippen LogP contribution in [-0.2, 0) is 16.6 Å². The van der Waals surface area contributed by atoms with Crippen LogP contribution in [0.5, 0.6) is 0 Å². The normalized spacial score (nSPS) is 12.0. The SMILES string of the molecule is CC(C)(C)NS(=O)(=O)c1cccc(CN)c1.Cl. The van der Waals surface area contributed by atoms with E-state index in [0.29, 0.717) is 6.54 Å². The molecule has 4 nitrogen and oxygen atoms in total. The molecule has 1 rings (SSSR count). The first kappa shape index (κ1) is 16.4. The highest BCUT2D eigenvalue weighted by atomic mass is 35.5. The van der Waals surface area contributed by atoms with Crippen LogP contribution < -0.4 is 10.5 Å². The van der Waals surface area contributed by atoms with Gasteiger partial charge in [0.1, 0.15) is 0 Å². The van der Waals surface area contributed by atoms with Crippen molar-refractivity contribution in [3.8, 4) is 0 Å². The summed E-state index contributed by atoms with van der Waals surface area (Å²) in [5, 5.41) is 0. The zero-order chi connectivity index (χ0) is 12.4. The van der Waals surface area contributed by atoms with Gasteiger partial charge >= 0.3 is 0 Å². The molecule has 0 aromatic heterocycles. The minimum atomic E-state index is -3.46. The third-order valence-corrected chi connectivity index (χ3v) is 3.64. The molecule has 0 saturated heterocycles. The van der Waals surface area contributed by atoms with Gasteiger partial charge in [0.05, 0.1) is 4.90 Å². The molecule has 0 aliphatic heterocycles. The summed E-state index contributed by atoms with van der Waals surface area (Å²) in [5.74, 6) is 0. The Kier molecular flexibility index (Phi) is 5.61. The van der Waals surface area contributed by atoms with E-state index in [1.165, 1.54) is 0 Å². The lowest BCUT2D eigenvalue weighted by Crippen LogP contribution is -2.40. The first-order chi connectivity index (χ1) is 7.24. The number of nitrogens with one attached hydrogen (secondary N) is 1. The van der Waals surface area contributed by atoms with Crippen LogP contribution in [0, 0.1) is 0 Å². The zero-order valence-electron chi connectivity index (χ0n) is 10.2. The van der Waals surface area contributed by atoms with Gasteiger partial charge in [0, 0.05) is 12.1 Å². The molecule has 0 heterocycles. The first-order valence-electron chi connectivity index (χ1n) is 5.07. The van der Waals surface area contributed by atoms with Crippen molar-refractivity contribution < 1.29 is 8.42 Å². The number of hydrogen-bond donors (Lipinski definition) is 2. The van der Waals surface area contributed by atoms with Gasteiger partial charge in [-0.1, -0.05) is 12.1 Å². The summed E-state index contributed by atoms with van der Waals surface area (Å²) in [6.07, 6.45) is 0. The molecule has 0 radical (unpaired) electrons. The molecule has 0 spiro atoms. The fraction of sp³-hybridized carbons (Fsp3) is 0.455. The van der Waals surface area contributed by atoms with Crippen molar-refractivity contribution in [3.05, 3.63) is 29.8 Å². The Labute approximate surface area is 109 Å². The first-order valence-corrected chi connectivity index (χ1v) is 6.56. The molecule has 0 bridgehead atoms. The van der Waals surface area contributed by atoms with Gasteiger partial charge in [0.15, 0.2) is 0 Å². The maximum atomic E-state index is 12.0. The van der Waals surface area contributed by atoms with Crippen LogP contribution in [0.1, 0.15) is 26.3 Å². The molecule has 3 N–H and O–H groups in total. The van der Waals surface area contributed by atoms with Crippen molar-refractivity contribution in [2.75, 3.05) is 0 Å². The molecule has 17 heavy (non-hydrogen) atoms. The topological polar surface area (TPSA) is 72.2 Å². The molecule has 0 amide bonds. The molecule has 0 saturated carbocycles. The second kappa shape index (κ2) is 5.82. The quantitative estimate of drug-likeness (QED) is 0.883. The van der Waals surface area contributed by atoms with Gasteiger partial charge in [-0.15, -0.1) is 12.4 Å². The number of halogens is 1. The van der Waals surface area contributed by atoms with Crippen LogP contribution in [0.4, 0.5) is 0 Å². The Bertz CT molecular complexity index is 467. The predicted octanol–water partition coefficient (Wildman–Crippen LogP) is 1.64. The largest absolute Gasteiger partial charge is 0.326 e. The maximum absolute atomic E-state index is 12.0. The minimum absolute atomic E-state index is 0. The highest BCUT2D eigenvalue weighted by Crippen LogP contribution is 2.14. The van der Waals surface area contributed by atoms with Crippen molar-refractivity contribution in [2.24, 2.45) is 5.73 Å². The Hall–Kier alpha value is -0.620. The smallest absolute Gasteiger partial charge is 0.241 e. The molecule has 0 unspecified atom stereocenters. The highest BCUT2D eigenvalue weighted by Gasteiger charge is 2.21. The fourth-order valence-corrected chi connectivity index (χ4v) is 2.79. The molecular weight excluding hydrogens is 260 g/mol. The van der Waals surface area contributed by atoms with Crippen LogP contribution >= 0.6 is 12.4 Å². The molecular formula is C11H19ClN2O2S. The third-order valence-electron chi connectivity index (χ3n) is 1.89. The Morgan fingerprint density at radius 3 is 2.35 bits per heavy atom. The molecule has 0 aliphatic carbocycles. The molecule has 1 aromatic rings. The lowest BCUT2D eigenvalue weighted by Gasteiger charge is -2.20. The lowest BCUT2D eigenvalue weighted by molar-refractivity contribution is 0.491. The second-order valence-electron chi connectivity index (χ2n) is 4.71. The number of benzene rings is 1. The van der Waals surface area contributed by atoms with Gasteiger partial charge in [0.2, 0.25) is 10.0 Å². The molecule has 1 aromatic carbocycles. The van der Waals surface area contributed by atoms with Crippen molar-refractivity contribution in [1.29, 1.82) is 0 Å². The van der Waals surface area contributed by atoms with E-state index in [4.69, 9.17) is 5.73 Å². The monoisotopic (exact) mass is 278 g/mol. The second-order valence-corrected chi connectivity index (χ2v) is 6.39. The van der Waals surface area contributed by atoms with E-state index in [-0.39, 0.29) is 17.3 Å². The Balaban J connectivity index is 0.00000256. The minimum Gasteiger partial charge on any atom is -0.326 e. The number of rotatable bonds is 3. The summed E-state index contributed by atoms with van der Waals surface area (Å²) in [4.78, 5) is 0.255. The van der Waals surface area contributed by atoms with E-state index >= 15 is 0 Å². The lowest BCUT2D eigenvalue weighted by atomic mass is 10.1. The standard InChI is InChI=1S/C11H18N2O2S.ClH/c1-11(2,3)13-16(14,15)10-6-4-5-9(7-10)8-12;/h4-7,13H,8,12H2,1-3H3;1H. The zero-order valence-corrected chi connectivity index (χ0v) is 11.9. The Morgan fingerprint density at radius 2 is 1.88 bits per heavy atom. The van der Waals surface area contributed by atoms with Crippen LogP contribution in [0.2, 0.25) is 0 Å². The molecule has 0 atom stereocenters. The maximum Gasteiger partial charge on any atom is 0.241 e. The van der Waals surface area contributed by atoms with Gasteiger partial charge in [0.25, 0.3) is 0 Å². The summed E-state index contributed by atoms with van der Waals surface area (Å²) in [7, 11) is -3.46. The summed E-state index contributed by atoms with van der Waals surface area (Å²) in [6.45, 7) is 5.74. The molecule has 0 fully saturated rings. The van der Waals surface area contributed by atoms with Crippen LogP contribution in [-0.4, -0.2) is 14.0 Å². The predicted molar refractivity (Wildman–Crippen MR) is 71.7 cm³/mol. The summed E-state index contributed by atoms with van der Waals surface area (Å²) < 4.78 is 26.5. The average Bonchev–Trinajstić information content (AvgIpc) is 2.14. The van der Waals surface area contributed by atoms with Gasteiger partial charge in [-0.3, -0.25) is 0 Å². The average molecular weight is 279 g/mol. The highest BCUT2D eigenvalue weighted by molar-refractivity contribution is 7.89. The van der Waals surface area contributed by atoms with Gasteiger partial charge in [-0.2, -0.15) is 0 Å².